The Labute approximate surface area is 138 Å². The maximum absolute atomic E-state index is 12.1. The average Bonchev–Trinajstić information content (AvgIpc) is 3.08. The van der Waals surface area contributed by atoms with Gasteiger partial charge in [0.25, 0.3) is 0 Å². The van der Waals surface area contributed by atoms with Gasteiger partial charge in [-0.15, -0.1) is 0 Å². The summed E-state index contributed by atoms with van der Waals surface area (Å²) in [6.07, 6.45) is 6.37. The van der Waals surface area contributed by atoms with E-state index in [1.807, 2.05) is 42.5 Å². The monoisotopic (exact) mass is 308 g/mol. The summed E-state index contributed by atoms with van der Waals surface area (Å²) in [5.41, 5.74) is 2.24. The molecule has 1 aliphatic rings. The van der Waals surface area contributed by atoms with Crippen LogP contribution in [0.2, 0.25) is 0 Å². The highest BCUT2D eigenvalue weighted by molar-refractivity contribution is 5.81. The van der Waals surface area contributed by atoms with Gasteiger partial charge in [-0.2, -0.15) is 0 Å². The van der Waals surface area contributed by atoms with Crippen LogP contribution in [0.3, 0.4) is 0 Å². The number of rotatable bonds is 7. The van der Waals surface area contributed by atoms with E-state index in [-0.39, 0.29) is 0 Å². The van der Waals surface area contributed by atoms with E-state index in [2.05, 4.69) is 12.1 Å². The summed E-state index contributed by atoms with van der Waals surface area (Å²) < 4.78 is 5.77. The Morgan fingerprint density at radius 1 is 0.913 bits per heavy atom. The predicted octanol–water partition coefficient (Wildman–Crippen LogP) is 4.96. The number of Topliss-reactive ketones (excluding diaryl/α,β-unsaturated/α-hetero) is 1. The van der Waals surface area contributed by atoms with Crippen LogP contribution in [0.1, 0.15) is 43.2 Å². The number of hydrogen-bond acceptors (Lipinski definition) is 2. The zero-order valence-electron chi connectivity index (χ0n) is 13.5. The van der Waals surface area contributed by atoms with Gasteiger partial charge in [-0.25, -0.2) is 0 Å². The van der Waals surface area contributed by atoms with Gasteiger partial charge in [0.2, 0.25) is 0 Å². The van der Waals surface area contributed by atoms with Crippen LogP contribution in [0.25, 0.3) is 0 Å². The molecule has 23 heavy (non-hydrogen) atoms. The zero-order chi connectivity index (χ0) is 15.9. The molecule has 0 N–H and O–H groups in total. The molecule has 0 unspecified atom stereocenters. The first-order valence-corrected chi connectivity index (χ1v) is 8.57. The normalized spacial score (nSPS) is 14.8. The van der Waals surface area contributed by atoms with Crippen molar-refractivity contribution in [2.24, 2.45) is 5.92 Å². The van der Waals surface area contributed by atoms with E-state index in [0.29, 0.717) is 24.7 Å². The van der Waals surface area contributed by atoms with Crippen molar-refractivity contribution in [3.8, 4) is 5.75 Å². The van der Waals surface area contributed by atoms with E-state index in [4.69, 9.17) is 4.74 Å². The number of carbonyl (C=O) groups is 1. The molecule has 0 bridgehead atoms. The Bertz CT molecular complexity index is 610. The standard InChI is InChI=1S/C21H24O2/c22-20(14-17-6-4-5-7-17)15-18-10-12-21(13-11-18)23-16-19-8-2-1-3-9-19/h1-3,8-13,17H,4-7,14-16H2. The largest absolute Gasteiger partial charge is 0.489 e. The minimum absolute atomic E-state index is 0.370. The lowest BCUT2D eigenvalue weighted by Crippen LogP contribution is -2.08. The van der Waals surface area contributed by atoms with Gasteiger partial charge in [0.1, 0.15) is 18.1 Å². The molecule has 0 aliphatic heterocycles. The van der Waals surface area contributed by atoms with Crippen molar-refractivity contribution in [2.75, 3.05) is 0 Å². The molecule has 2 aromatic carbocycles. The van der Waals surface area contributed by atoms with Gasteiger partial charge in [-0.1, -0.05) is 68.1 Å². The Morgan fingerprint density at radius 2 is 1.61 bits per heavy atom. The first-order valence-electron chi connectivity index (χ1n) is 8.57. The lowest BCUT2D eigenvalue weighted by atomic mass is 9.97. The van der Waals surface area contributed by atoms with Crippen molar-refractivity contribution in [1.82, 2.24) is 0 Å². The molecule has 0 saturated heterocycles. The number of carbonyl (C=O) groups excluding carboxylic acids is 1. The van der Waals surface area contributed by atoms with Gasteiger partial charge in [-0.05, 0) is 29.2 Å². The first kappa shape index (κ1) is 15.8. The van der Waals surface area contributed by atoms with Crippen molar-refractivity contribution in [3.05, 3.63) is 65.7 Å². The minimum Gasteiger partial charge on any atom is -0.489 e. The van der Waals surface area contributed by atoms with Crippen LogP contribution in [0.4, 0.5) is 0 Å². The minimum atomic E-state index is 0.370. The fourth-order valence-electron chi connectivity index (χ4n) is 3.28. The van der Waals surface area contributed by atoms with Gasteiger partial charge in [0.15, 0.2) is 0 Å². The summed E-state index contributed by atoms with van der Waals surface area (Å²) in [5.74, 6) is 1.85. The molecule has 0 aromatic heterocycles. The molecule has 0 atom stereocenters. The highest BCUT2D eigenvalue weighted by atomic mass is 16.5. The van der Waals surface area contributed by atoms with E-state index >= 15 is 0 Å². The molecule has 0 heterocycles. The van der Waals surface area contributed by atoms with Crippen molar-refractivity contribution < 1.29 is 9.53 Å². The maximum atomic E-state index is 12.1. The Balaban J connectivity index is 1.47. The second-order valence-corrected chi connectivity index (χ2v) is 6.49. The number of hydrogen-bond donors (Lipinski definition) is 0. The van der Waals surface area contributed by atoms with Gasteiger partial charge in [0.05, 0.1) is 0 Å². The highest BCUT2D eigenvalue weighted by Crippen LogP contribution is 2.28. The molecular formula is C21H24O2. The summed E-state index contributed by atoms with van der Waals surface area (Å²) in [6, 6.07) is 18.1. The molecule has 0 spiro atoms. The highest BCUT2D eigenvalue weighted by Gasteiger charge is 2.18. The average molecular weight is 308 g/mol. The van der Waals surface area contributed by atoms with Crippen molar-refractivity contribution in [3.63, 3.8) is 0 Å². The van der Waals surface area contributed by atoms with Gasteiger partial charge in [0, 0.05) is 12.8 Å². The zero-order valence-corrected chi connectivity index (χ0v) is 13.5. The number of benzene rings is 2. The van der Waals surface area contributed by atoms with Crippen LogP contribution in [0.15, 0.2) is 54.6 Å². The molecular weight excluding hydrogens is 284 g/mol. The van der Waals surface area contributed by atoms with Gasteiger partial charge >= 0.3 is 0 Å². The maximum Gasteiger partial charge on any atom is 0.137 e. The fourth-order valence-corrected chi connectivity index (χ4v) is 3.28. The van der Waals surface area contributed by atoms with Crippen LogP contribution < -0.4 is 4.74 Å². The Kier molecular flexibility index (Phi) is 5.46. The van der Waals surface area contributed by atoms with E-state index < -0.39 is 0 Å². The van der Waals surface area contributed by atoms with Gasteiger partial charge in [-0.3, -0.25) is 4.79 Å². The van der Waals surface area contributed by atoms with Crippen LogP contribution in [0.5, 0.6) is 5.75 Å². The van der Waals surface area contributed by atoms with Crippen LogP contribution in [-0.4, -0.2) is 5.78 Å². The van der Waals surface area contributed by atoms with E-state index in [1.165, 1.54) is 25.7 Å². The second kappa shape index (κ2) is 7.96. The van der Waals surface area contributed by atoms with Crippen molar-refractivity contribution in [1.29, 1.82) is 0 Å². The number of ketones is 1. The predicted molar refractivity (Wildman–Crippen MR) is 92.5 cm³/mol. The molecule has 120 valence electrons. The molecule has 0 radical (unpaired) electrons. The Morgan fingerprint density at radius 3 is 2.30 bits per heavy atom. The third kappa shape index (κ3) is 4.95. The molecule has 2 heteroatoms. The van der Waals surface area contributed by atoms with Crippen LogP contribution in [-0.2, 0) is 17.8 Å². The van der Waals surface area contributed by atoms with Crippen LogP contribution >= 0.6 is 0 Å². The SMILES string of the molecule is O=C(Cc1ccc(OCc2ccccc2)cc1)CC1CCCC1. The third-order valence-corrected chi connectivity index (χ3v) is 4.56. The molecule has 0 amide bonds. The lowest BCUT2D eigenvalue weighted by molar-refractivity contribution is -0.119. The van der Waals surface area contributed by atoms with Crippen molar-refractivity contribution in [2.45, 2.75) is 45.1 Å². The van der Waals surface area contributed by atoms with E-state index in [0.717, 1.165) is 23.3 Å². The second-order valence-electron chi connectivity index (χ2n) is 6.49. The molecule has 2 nitrogen and oxygen atoms in total. The van der Waals surface area contributed by atoms with Crippen molar-refractivity contribution >= 4 is 5.78 Å². The van der Waals surface area contributed by atoms with E-state index in [9.17, 15) is 4.79 Å². The summed E-state index contributed by atoms with van der Waals surface area (Å²) in [6.45, 7) is 0.570. The first-order chi connectivity index (χ1) is 11.3. The fraction of sp³-hybridized carbons (Fsp3) is 0.381. The Hall–Kier alpha value is -2.09. The number of ether oxygens (including phenoxy) is 1. The van der Waals surface area contributed by atoms with E-state index in [1.54, 1.807) is 0 Å². The topological polar surface area (TPSA) is 26.3 Å². The smallest absolute Gasteiger partial charge is 0.137 e. The molecule has 3 rings (SSSR count). The van der Waals surface area contributed by atoms with Crippen LogP contribution in [0, 0.1) is 5.92 Å². The summed E-state index contributed by atoms with van der Waals surface area (Å²) in [7, 11) is 0. The summed E-state index contributed by atoms with van der Waals surface area (Å²) >= 11 is 0. The summed E-state index contributed by atoms with van der Waals surface area (Å²) in [4.78, 5) is 12.1. The van der Waals surface area contributed by atoms with Gasteiger partial charge < -0.3 is 4.74 Å². The lowest BCUT2D eigenvalue weighted by Gasteiger charge is -2.09. The molecule has 1 fully saturated rings. The third-order valence-electron chi connectivity index (χ3n) is 4.56. The quantitative estimate of drug-likeness (QED) is 0.723. The summed E-state index contributed by atoms with van der Waals surface area (Å²) in [5, 5.41) is 0. The molecule has 1 aliphatic carbocycles. The molecule has 1 saturated carbocycles. The molecule has 2 aromatic rings.